The van der Waals surface area contributed by atoms with Crippen LogP contribution in [-0.4, -0.2) is 35.0 Å². The zero-order valence-corrected chi connectivity index (χ0v) is 17.2. The van der Waals surface area contributed by atoms with Gasteiger partial charge in [0.15, 0.2) is 0 Å². The summed E-state index contributed by atoms with van der Waals surface area (Å²) in [4.78, 5) is 17.7. The van der Waals surface area contributed by atoms with Gasteiger partial charge in [0.25, 0.3) is 0 Å². The summed E-state index contributed by atoms with van der Waals surface area (Å²) in [5.41, 5.74) is 4.16. The maximum Gasteiger partial charge on any atom is 1.00 e. The third kappa shape index (κ3) is 2.64. The molecule has 0 aliphatic carbocycles. The summed E-state index contributed by atoms with van der Waals surface area (Å²) in [6.45, 7) is 3.93. The number of nitrogens with one attached hydrogen (secondary N) is 1. The first-order valence-corrected chi connectivity index (χ1v) is 9.04. The Hall–Kier alpha value is -1.27. The second-order valence-corrected chi connectivity index (χ2v) is 7.53. The SMILES string of the molecule is C[C@@H]1OC=C(C(=O)[O-])[C@H]2C[C@H]3c4[nH]c5ccccc5c4CCN3C[C@@H]12.[Na+]. The van der Waals surface area contributed by atoms with Crippen molar-refractivity contribution >= 4 is 16.9 Å². The largest absolute Gasteiger partial charge is 1.00 e. The topological polar surface area (TPSA) is 68.4 Å². The van der Waals surface area contributed by atoms with Gasteiger partial charge in [0.2, 0.25) is 0 Å². The van der Waals surface area contributed by atoms with Gasteiger partial charge in [-0.25, -0.2) is 0 Å². The number of benzene rings is 1. The van der Waals surface area contributed by atoms with Crippen LogP contribution in [0.25, 0.3) is 10.9 Å². The van der Waals surface area contributed by atoms with Crippen molar-refractivity contribution in [1.29, 1.82) is 0 Å². The number of carboxylic acids is 1. The first-order chi connectivity index (χ1) is 12.1. The Labute approximate surface area is 174 Å². The zero-order chi connectivity index (χ0) is 17.1. The van der Waals surface area contributed by atoms with Crippen LogP contribution in [0, 0.1) is 11.8 Å². The standard InChI is InChI=1S/C20H22N2O3.Na/c1-11-15-9-22-7-6-13-12-4-2-3-5-17(12)21-19(13)18(22)8-14(15)16(10-25-11)20(23)24;/h2-5,10-11,14-15,18,21H,6-9H2,1H3,(H,23,24);/q;+1/p-1/t11-,14-,15-,18-;/m0./s1. The van der Waals surface area contributed by atoms with Gasteiger partial charge in [-0.05, 0) is 37.3 Å². The smallest absolute Gasteiger partial charge is 0.545 e. The number of carbonyl (C=O) groups excluding carboxylic acids is 1. The first kappa shape index (κ1) is 18.1. The fourth-order valence-corrected chi connectivity index (χ4v) is 5.07. The van der Waals surface area contributed by atoms with E-state index in [9.17, 15) is 9.90 Å². The number of carbonyl (C=O) groups is 1. The molecule has 0 saturated carbocycles. The Bertz CT molecular complexity index is 890. The molecule has 3 aliphatic rings. The molecule has 0 unspecified atom stereocenters. The average molecular weight is 360 g/mol. The van der Waals surface area contributed by atoms with Crippen molar-refractivity contribution < 1.29 is 44.2 Å². The maximum absolute atomic E-state index is 11.6. The fourth-order valence-electron chi connectivity index (χ4n) is 5.07. The van der Waals surface area contributed by atoms with E-state index in [4.69, 9.17) is 4.74 Å². The molecule has 1 aromatic carbocycles. The maximum atomic E-state index is 11.6. The van der Waals surface area contributed by atoms with E-state index in [1.54, 1.807) is 0 Å². The van der Waals surface area contributed by atoms with Gasteiger partial charge in [0.1, 0.15) is 0 Å². The number of hydrogen-bond donors (Lipinski definition) is 1. The summed E-state index contributed by atoms with van der Waals surface area (Å²) in [6.07, 6.45) is 3.30. The van der Waals surface area contributed by atoms with Crippen LogP contribution in [0.5, 0.6) is 0 Å². The monoisotopic (exact) mass is 360 g/mol. The molecule has 4 atom stereocenters. The molecule has 1 N–H and O–H groups in total. The second kappa shape index (κ2) is 6.71. The number of piperidine rings is 1. The number of ether oxygens (including phenoxy) is 1. The third-order valence-electron chi connectivity index (χ3n) is 6.36. The summed E-state index contributed by atoms with van der Waals surface area (Å²) < 4.78 is 5.60. The summed E-state index contributed by atoms with van der Waals surface area (Å²) >= 11 is 0. The number of aliphatic carboxylic acids is 1. The summed E-state index contributed by atoms with van der Waals surface area (Å²) in [7, 11) is 0. The molecule has 2 aromatic rings. The summed E-state index contributed by atoms with van der Waals surface area (Å²) in [6, 6.07) is 8.67. The number of aromatic nitrogens is 1. The minimum absolute atomic E-state index is 0. The Morgan fingerprint density at radius 1 is 1.35 bits per heavy atom. The molecule has 5 nitrogen and oxygen atoms in total. The van der Waals surface area contributed by atoms with Crippen LogP contribution in [0.2, 0.25) is 0 Å². The molecule has 26 heavy (non-hydrogen) atoms. The van der Waals surface area contributed by atoms with Gasteiger partial charge in [-0.2, -0.15) is 0 Å². The van der Waals surface area contributed by atoms with Crippen LogP contribution in [0.4, 0.5) is 0 Å². The first-order valence-electron chi connectivity index (χ1n) is 9.04. The number of hydrogen-bond acceptors (Lipinski definition) is 4. The van der Waals surface area contributed by atoms with E-state index in [1.165, 1.54) is 28.4 Å². The third-order valence-corrected chi connectivity index (χ3v) is 6.36. The molecule has 4 heterocycles. The van der Waals surface area contributed by atoms with Crippen LogP contribution in [0.1, 0.15) is 30.6 Å². The Balaban J connectivity index is 0.00000168. The number of nitrogens with zero attached hydrogens (tertiary/aromatic N) is 1. The minimum Gasteiger partial charge on any atom is -0.545 e. The Morgan fingerprint density at radius 3 is 2.96 bits per heavy atom. The van der Waals surface area contributed by atoms with E-state index < -0.39 is 5.97 Å². The minimum atomic E-state index is -1.09. The number of carboxylic acid groups (broad SMARTS) is 1. The summed E-state index contributed by atoms with van der Waals surface area (Å²) in [5, 5.41) is 12.9. The molecule has 1 aromatic heterocycles. The van der Waals surface area contributed by atoms with E-state index in [0.29, 0.717) is 5.57 Å². The molecule has 3 aliphatic heterocycles. The fraction of sp³-hybridized carbons (Fsp3) is 0.450. The van der Waals surface area contributed by atoms with E-state index in [-0.39, 0.29) is 53.5 Å². The molecule has 0 spiro atoms. The van der Waals surface area contributed by atoms with Crippen LogP contribution >= 0.6 is 0 Å². The van der Waals surface area contributed by atoms with E-state index in [1.807, 2.05) is 6.92 Å². The van der Waals surface area contributed by atoms with Gasteiger partial charge in [-0.1, -0.05) is 18.2 Å². The van der Waals surface area contributed by atoms with Crippen molar-refractivity contribution in [2.75, 3.05) is 13.1 Å². The van der Waals surface area contributed by atoms with Gasteiger partial charge in [-0.15, -0.1) is 0 Å². The Morgan fingerprint density at radius 2 is 2.15 bits per heavy atom. The van der Waals surface area contributed by atoms with Gasteiger partial charge < -0.3 is 19.6 Å². The molecular formula is C20H21N2NaO3. The van der Waals surface area contributed by atoms with E-state index >= 15 is 0 Å². The van der Waals surface area contributed by atoms with Crippen molar-refractivity contribution in [1.82, 2.24) is 9.88 Å². The van der Waals surface area contributed by atoms with Crippen LogP contribution in [-0.2, 0) is 16.0 Å². The molecule has 130 valence electrons. The Kier molecular flexibility index (Phi) is 4.68. The van der Waals surface area contributed by atoms with Crippen molar-refractivity contribution in [2.24, 2.45) is 11.8 Å². The second-order valence-electron chi connectivity index (χ2n) is 7.53. The van der Waals surface area contributed by atoms with E-state index in [0.717, 1.165) is 25.9 Å². The number of rotatable bonds is 1. The van der Waals surface area contributed by atoms with Crippen LogP contribution < -0.4 is 34.7 Å². The molecule has 6 heteroatoms. The quantitative estimate of drug-likeness (QED) is 0.646. The average Bonchev–Trinajstić information content (AvgIpc) is 3.00. The number of para-hydroxylation sites is 1. The van der Waals surface area contributed by atoms with Crippen molar-refractivity contribution in [3.8, 4) is 0 Å². The van der Waals surface area contributed by atoms with Crippen molar-refractivity contribution in [2.45, 2.75) is 31.9 Å². The predicted octanol–water partition coefficient (Wildman–Crippen LogP) is -1.24. The zero-order valence-electron chi connectivity index (χ0n) is 15.2. The van der Waals surface area contributed by atoms with Crippen molar-refractivity contribution in [3.05, 3.63) is 47.4 Å². The van der Waals surface area contributed by atoms with Gasteiger partial charge in [0.05, 0.1) is 24.4 Å². The molecule has 1 saturated heterocycles. The van der Waals surface area contributed by atoms with Gasteiger partial charge in [-0.3, -0.25) is 4.90 Å². The van der Waals surface area contributed by atoms with Crippen molar-refractivity contribution in [3.63, 3.8) is 0 Å². The number of H-pyrrole nitrogens is 1. The molecule has 0 bridgehead atoms. The molecule has 5 rings (SSSR count). The number of aromatic amines is 1. The molecule has 0 radical (unpaired) electrons. The normalized spacial score (nSPS) is 30.3. The van der Waals surface area contributed by atoms with Crippen LogP contribution in [0.3, 0.4) is 0 Å². The van der Waals surface area contributed by atoms with E-state index in [2.05, 4.69) is 34.1 Å². The number of fused-ring (bicyclic) bond motifs is 6. The van der Waals surface area contributed by atoms with Gasteiger partial charge >= 0.3 is 29.6 Å². The summed E-state index contributed by atoms with van der Waals surface area (Å²) in [5.74, 6) is -0.893. The molecule has 0 amide bonds. The molecular weight excluding hydrogens is 339 g/mol. The van der Waals surface area contributed by atoms with Crippen LogP contribution in [0.15, 0.2) is 36.1 Å². The predicted molar refractivity (Wildman–Crippen MR) is 91.6 cm³/mol. The molecule has 1 fully saturated rings. The van der Waals surface area contributed by atoms with Gasteiger partial charge in [0, 0.05) is 41.2 Å².